The van der Waals surface area contributed by atoms with E-state index in [1.807, 2.05) is 108 Å². The molecule has 64 heavy (non-hydrogen) atoms. The van der Waals surface area contributed by atoms with E-state index in [1.165, 1.54) is 6.07 Å². The first kappa shape index (κ1) is 44.2. The number of hydrogen-bond donors (Lipinski definition) is 3. The Balaban J connectivity index is 0.794. The highest BCUT2D eigenvalue weighted by atomic mass is 16.5. The lowest BCUT2D eigenvalue weighted by Gasteiger charge is -2.46. The number of carbonyl (C=O) groups excluding carboxylic acids is 3. The Bertz CT molecular complexity index is 2580. The predicted molar refractivity (Wildman–Crippen MR) is 243 cm³/mol. The Labute approximate surface area is 372 Å². The first-order valence-corrected chi connectivity index (χ1v) is 22.0. The first-order chi connectivity index (χ1) is 30.9. The maximum absolute atomic E-state index is 13.3. The minimum atomic E-state index is -1.13. The molecule has 4 heterocycles. The summed E-state index contributed by atoms with van der Waals surface area (Å²) in [6.07, 6.45) is 3.01. The first-order valence-electron chi connectivity index (χ1n) is 22.0. The summed E-state index contributed by atoms with van der Waals surface area (Å²) < 4.78 is 26.2. The summed E-state index contributed by atoms with van der Waals surface area (Å²) in [4.78, 5) is 56.6. The minimum Gasteiger partial charge on any atom is -0.493 e. The SMILES string of the molecule is CN(C)c1ccc2c(-c3ccc(C(=O)NCCCCCOc4ccccc4COCC4CN(C(=O)N5CC[C@@H]6OCC(=O)N[C@@H]6C5)C4)cc3C(=O)O)c3ccc(=[N+](C)C)cc-3oc2c1. The highest BCUT2D eigenvalue weighted by Crippen LogP contribution is 2.42. The maximum atomic E-state index is 13.3. The van der Waals surface area contributed by atoms with Crippen molar-refractivity contribution >= 4 is 40.5 Å². The fraction of sp³-hybridized carbons (Fsp3) is 0.408. The van der Waals surface area contributed by atoms with Gasteiger partial charge >= 0.3 is 12.0 Å². The van der Waals surface area contributed by atoms with E-state index in [0.717, 1.165) is 58.1 Å². The third kappa shape index (κ3) is 9.85. The van der Waals surface area contributed by atoms with Gasteiger partial charge in [0, 0.05) is 98.2 Å². The fourth-order valence-electron chi connectivity index (χ4n) is 8.69. The summed E-state index contributed by atoms with van der Waals surface area (Å²) in [5.41, 5.74) is 4.81. The zero-order valence-electron chi connectivity index (χ0n) is 36.9. The number of morpholine rings is 1. The number of carboxylic acid groups (broad SMARTS) is 1. The van der Waals surface area contributed by atoms with Crippen molar-refractivity contribution in [2.24, 2.45) is 5.92 Å². The molecule has 0 saturated carbocycles. The molecule has 15 heteroatoms. The number of piperidine rings is 1. The smallest absolute Gasteiger partial charge is 0.336 e. The zero-order chi connectivity index (χ0) is 44.9. The number of urea groups is 1. The van der Waals surface area contributed by atoms with E-state index < -0.39 is 5.97 Å². The van der Waals surface area contributed by atoms with E-state index in [2.05, 4.69) is 10.6 Å². The van der Waals surface area contributed by atoms with Gasteiger partial charge in [0.05, 0.1) is 43.6 Å². The highest BCUT2D eigenvalue weighted by Gasteiger charge is 2.40. The van der Waals surface area contributed by atoms with Crippen molar-refractivity contribution in [3.05, 3.63) is 101 Å². The predicted octanol–water partition coefficient (Wildman–Crippen LogP) is 5.14. The van der Waals surface area contributed by atoms with Crippen LogP contribution >= 0.6 is 0 Å². The van der Waals surface area contributed by atoms with Crippen molar-refractivity contribution in [2.75, 3.05) is 85.6 Å². The molecule has 3 aromatic rings. The number of likely N-dealkylation sites (tertiary alicyclic amines) is 2. The molecule has 15 nitrogen and oxygen atoms in total. The monoisotopic (exact) mass is 873 g/mol. The van der Waals surface area contributed by atoms with Crippen molar-refractivity contribution in [1.82, 2.24) is 25.0 Å². The zero-order valence-corrected chi connectivity index (χ0v) is 36.9. The Morgan fingerprint density at radius 1 is 0.938 bits per heavy atom. The average Bonchev–Trinajstić information content (AvgIpc) is 3.27. The Kier molecular flexibility index (Phi) is 13.5. The number of ether oxygens (including phenoxy) is 3. The van der Waals surface area contributed by atoms with Crippen LogP contribution in [0.25, 0.3) is 33.4 Å². The van der Waals surface area contributed by atoms with Gasteiger partial charge in [0.25, 0.3) is 5.91 Å². The van der Waals surface area contributed by atoms with Crippen LogP contribution in [0.15, 0.2) is 83.3 Å². The maximum Gasteiger partial charge on any atom is 0.336 e. The van der Waals surface area contributed by atoms with Crippen molar-refractivity contribution < 1.29 is 42.9 Å². The van der Waals surface area contributed by atoms with Gasteiger partial charge in [-0.25, -0.2) is 14.2 Å². The summed E-state index contributed by atoms with van der Waals surface area (Å²) in [7, 11) is 7.81. The molecule has 4 aliphatic heterocycles. The van der Waals surface area contributed by atoms with Crippen molar-refractivity contribution in [3.63, 3.8) is 0 Å². The molecule has 336 valence electrons. The number of aromatic carboxylic acids is 1. The fourth-order valence-corrected chi connectivity index (χ4v) is 8.69. The standard InChI is InChI=1S/C49H56N6O9/c1-52(2)34-13-16-37-43(23-34)64-44-24-35(53(3)4)14-17-38(44)46(37)36-15-12-32(22-39(36)48(58)59)47(57)50-19-8-5-9-21-62-41-11-7-6-10-33(41)29-61-28-31-25-55(26-31)49(60)54-20-18-42-40(27-54)51-45(56)30-63-42/h6-7,10-17,22-24,31,40,42H,5,8-9,18-21,25-30H2,1-4H3,(H2-,50,51,56,57,58,59)/p+1/t40-,42+/m1/s1. The van der Waals surface area contributed by atoms with Gasteiger partial charge in [-0.1, -0.05) is 24.3 Å². The normalized spacial score (nSPS) is 17.4. The van der Waals surface area contributed by atoms with Gasteiger partial charge in [-0.15, -0.1) is 0 Å². The molecule has 1 aliphatic carbocycles. The molecular weight excluding hydrogens is 817 g/mol. The number of rotatable bonds is 15. The largest absolute Gasteiger partial charge is 0.493 e. The van der Waals surface area contributed by atoms with Crippen LogP contribution in [-0.2, 0) is 20.9 Å². The number of nitrogens with zero attached hydrogens (tertiary/aromatic N) is 4. The van der Waals surface area contributed by atoms with Crippen molar-refractivity contribution in [3.8, 4) is 28.2 Å². The Morgan fingerprint density at radius 2 is 1.75 bits per heavy atom. The van der Waals surface area contributed by atoms with E-state index in [1.54, 1.807) is 12.1 Å². The lowest BCUT2D eigenvalue weighted by Crippen LogP contribution is -2.64. The molecule has 3 fully saturated rings. The van der Waals surface area contributed by atoms with Gasteiger partial charge in [-0.2, -0.15) is 0 Å². The second-order valence-electron chi connectivity index (χ2n) is 17.3. The molecule has 3 N–H and O–H groups in total. The molecule has 5 aliphatic rings. The number of carboxylic acids is 1. The van der Waals surface area contributed by atoms with Crippen LogP contribution in [0.5, 0.6) is 5.75 Å². The van der Waals surface area contributed by atoms with Gasteiger partial charge in [-0.3, -0.25) is 9.59 Å². The summed E-state index contributed by atoms with van der Waals surface area (Å²) in [5, 5.41) is 18.1. The van der Waals surface area contributed by atoms with E-state index in [-0.39, 0.29) is 53.6 Å². The molecular formula is C49H57N6O9+. The summed E-state index contributed by atoms with van der Waals surface area (Å²) >= 11 is 0. The van der Waals surface area contributed by atoms with Gasteiger partial charge in [0.15, 0.2) is 0 Å². The number of unbranched alkanes of at least 4 members (excludes halogenated alkanes) is 2. The van der Waals surface area contributed by atoms with Crippen LogP contribution in [0.3, 0.4) is 0 Å². The Morgan fingerprint density at radius 3 is 2.55 bits per heavy atom. The minimum absolute atomic E-state index is 0.00237. The average molecular weight is 874 g/mol. The third-order valence-electron chi connectivity index (χ3n) is 12.3. The highest BCUT2D eigenvalue weighted by molar-refractivity contribution is 6.09. The molecule has 4 amide bonds. The number of amides is 4. The number of para-hydroxylation sites is 1. The molecule has 0 radical (unpaired) electrons. The van der Waals surface area contributed by atoms with Gasteiger partial charge in [0.2, 0.25) is 11.3 Å². The van der Waals surface area contributed by atoms with E-state index in [4.69, 9.17) is 18.6 Å². The Hall–Kier alpha value is -6.45. The summed E-state index contributed by atoms with van der Waals surface area (Å²) in [6.45, 7) is 4.32. The summed E-state index contributed by atoms with van der Waals surface area (Å²) in [6, 6.07) is 24.3. The van der Waals surface area contributed by atoms with Crippen LogP contribution in [0, 0.1) is 5.92 Å². The molecule has 2 atom stereocenters. The number of fused-ring (bicyclic) bond motifs is 3. The quantitative estimate of drug-likeness (QED) is 0.0729. The molecule has 0 spiro atoms. The number of benzene rings is 4. The van der Waals surface area contributed by atoms with E-state index >= 15 is 0 Å². The topological polar surface area (TPSA) is 166 Å². The van der Waals surface area contributed by atoms with Gasteiger partial charge < -0.3 is 49.1 Å². The van der Waals surface area contributed by atoms with E-state index in [9.17, 15) is 24.3 Å². The van der Waals surface area contributed by atoms with Crippen molar-refractivity contribution in [2.45, 2.75) is 44.4 Å². The molecule has 3 aromatic carbocycles. The molecule has 0 aromatic heterocycles. The second kappa shape index (κ2) is 19.5. The third-order valence-corrected chi connectivity index (χ3v) is 12.3. The van der Waals surface area contributed by atoms with Gasteiger partial charge in [0.1, 0.15) is 37.8 Å². The number of hydrogen-bond acceptors (Lipinski definition) is 9. The van der Waals surface area contributed by atoms with Crippen LogP contribution in [0.1, 0.15) is 52.0 Å². The molecule has 8 rings (SSSR count). The van der Waals surface area contributed by atoms with E-state index in [0.29, 0.717) is 75.9 Å². The number of nitrogens with one attached hydrogen (secondary N) is 2. The number of anilines is 1. The number of carbonyl (C=O) groups is 4. The van der Waals surface area contributed by atoms with Crippen LogP contribution in [0.2, 0.25) is 0 Å². The summed E-state index contributed by atoms with van der Waals surface area (Å²) in [5.74, 6) is 0.0450. The van der Waals surface area contributed by atoms with Crippen LogP contribution in [0.4, 0.5) is 10.5 Å². The van der Waals surface area contributed by atoms with Crippen LogP contribution in [-0.4, -0.2) is 132 Å². The molecule has 0 bridgehead atoms. The van der Waals surface area contributed by atoms with Gasteiger partial charge in [-0.05, 0) is 67.6 Å². The molecule has 0 unspecified atom stereocenters. The molecule has 3 saturated heterocycles. The second-order valence-corrected chi connectivity index (χ2v) is 17.3. The van der Waals surface area contributed by atoms with Crippen molar-refractivity contribution in [1.29, 1.82) is 0 Å². The lowest BCUT2D eigenvalue weighted by molar-refractivity contribution is -0.139. The van der Waals surface area contributed by atoms with Crippen LogP contribution < -0.4 is 30.2 Å². The lowest BCUT2D eigenvalue weighted by atomic mass is 9.89.